The number of hydrogen-bond donors (Lipinski definition) is 1. The van der Waals surface area contributed by atoms with Crippen LogP contribution in [0.1, 0.15) is 25.3 Å². The molecule has 0 radical (unpaired) electrons. The van der Waals surface area contributed by atoms with E-state index in [0.29, 0.717) is 5.75 Å². The van der Waals surface area contributed by atoms with Gasteiger partial charge in [-0.3, -0.25) is 4.79 Å². The molecule has 1 aromatic rings. The molecule has 4 heteroatoms. The molecule has 0 aromatic heterocycles. The Hall–Kier alpha value is -1.84. The zero-order valence-corrected chi connectivity index (χ0v) is 9.97. The van der Waals surface area contributed by atoms with E-state index in [2.05, 4.69) is 0 Å². The Balaban J connectivity index is 2.90. The summed E-state index contributed by atoms with van der Waals surface area (Å²) in [5.41, 5.74) is 0.0412. The number of rotatable bonds is 6. The molecule has 0 saturated carbocycles. The molecule has 1 atom stereocenters. The summed E-state index contributed by atoms with van der Waals surface area (Å²) in [5, 5.41) is 8.67. The minimum absolute atomic E-state index is 0.0265. The maximum absolute atomic E-state index is 11.2. The van der Waals surface area contributed by atoms with Crippen LogP contribution in [0.3, 0.4) is 0 Å². The highest BCUT2D eigenvalue weighted by molar-refractivity contribution is 5.71. The summed E-state index contributed by atoms with van der Waals surface area (Å²) >= 11 is 0. The van der Waals surface area contributed by atoms with E-state index in [1.807, 2.05) is 0 Å². The highest BCUT2D eigenvalue weighted by atomic mass is 16.5. The van der Waals surface area contributed by atoms with Gasteiger partial charge in [-0.2, -0.15) is 0 Å². The van der Waals surface area contributed by atoms with Gasteiger partial charge in [0.2, 0.25) is 0 Å². The summed E-state index contributed by atoms with van der Waals surface area (Å²) in [4.78, 5) is 21.7. The largest absolute Gasteiger partial charge is 0.497 e. The van der Waals surface area contributed by atoms with Gasteiger partial charge >= 0.3 is 5.97 Å². The minimum Gasteiger partial charge on any atom is -0.497 e. The zero-order valence-electron chi connectivity index (χ0n) is 9.97. The second kappa shape index (κ2) is 5.48. The van der Waals surface area contributed by atoms with Gasteiger partial charge in [0.05, 0.1) is 7.11 Å². The standard InChI is InChI=1S/C13H16O4/c1-13(9-14,8-7-12(15)16)10-3-5-11(17-2)6-4-10/h3-6,9H,7-8H2,1-2H3,(H,15,16)/t13-/m0/s1. The van der Waals surface area contributed by atoms with Gasteiger partial charge in [-0.05, 0) is 31.0 Å². The maximum atomic E-state index is 11.2. The first kappa shape index (κ1) is 13.2. The molecule has 0 amide bonds. The molecule has 0 bridgehead atoms. The fourth-order valence-corrected chi connectivity index (χ4v) is 1.61. The molecule has 0 aliphatic rings. The maximum Gasteiger partial charge on any atom is 0.303 e. The summed E-state index contributed by atoms with van der Waals surface area (Å²) in [7, 11) is 1.57. The fourth-order valence-electron chi connectivity index (χ4n) is 1.61. The van der Waals surface area contributed by atoms with Gasteiger partial charge in [-0.15, -0.1) is 0 Å². The van der Waals surface area contributed by atoms with Gasteiger partial charge in [0.15, 0.2) is 0 Å². The molecule has 92 valence electrons. The van der Waals surface area contributed by atoms with Crippen LogP contribution in [-0.2, 0) is 15.0 Å². The molecule has 0 heterocycles. The van der Waals surface area contributed by atoms with E-state index in [1.54, 1.807) is 38.3 Å². The monoisotopic (exact) mass is 236 g/mol. The number of carbonyl (C=O) groups is 2. The third-order valence-electron chi connectivity index (χ3n) is 2.87. The SMILES string of the molecule is COc1ccc([C@](C)(C=O)CCC(=O)O)cc1. The molecule has 1 aromatic carbocycles. The Morgan fingerprint density at radius 2 is 2.00 bits per heavy atom. The Morgan fingerprint density at radius 1 is 1.41 bits per heavy atom. The predicted molar refractivity (Wildman–Crippen MR) is 63.3 cm³/mol. The van der Waals surface area contributed by atoms with E-state index in [-0.39, 0.29) is 12.8 Å². The Kier molecular flexibility index (Phi) is 4.26. The summed E-state index contributed by atoms with van der Waals surface area (Å²) < 4.78 is 5.03. The highest BCUT2D eigenvalue weighted by Gasteiger charge is 2.26. The van der Waals surface area contributed by atoms with Crippen LogP contribution in [0.25, 0.3) is 0 Å². The lowest BCUT2D eigenvalue weighted by Crippen LogP contribution is -2.24. The summed E-state index contributed by atoms with van der Waals surface area (Å²) in [6, 6.07) is 7.10. The van der Waals surface area contributed by atoms with Crippen molar-refractivity contribution in [3.63, 3.8) is 0 Å². The molecular formula is C13H16O4. The van der Waals surface area contributed by atoms with Crippen molar-refractivity contribution in [2.24, 2.45) is 0 Å². The Bertz CT molecular complexity index is 396. The lowest BCUT2D eigenvalue weighted by Gasteiger charge is -2.22. The molecule has 0 aliphatic heterocycles. The van der Waals surface area contributed by atoms with E-state index < -0.39 is 11.4 Å². The molecular weight excluding hydrogens is 220 g/mol. The van der Waals surface area contributed by atoms with E-state index >= 15 is 0 Å². The van der Waals surface area contributed by atoms with Gasteiger partial charge in [0, 0.05) is 11.8 Å². The zero-order chi connectivity index (χ0) is 12.9. The van der Waals surface area contributed by atoms with Gasteiger partial charge < -0.3 is 14.6 Å². The van der Waals surface area contributed by atoms with Gasteiger partial charge in [-0.25, -0.2) is 0 Å². The summed E-state index contributed by atoms with van der Waals surface area (Å²) in [6.45, 7) is 1.74. The number of benzene rings is 1. The molecule has 1 rings (SSSR count). The van der Waals surface area contributed by atoms with Crippen LogP contribution in [0.4, 0.5) is 0 Å². The van der Waals surface area contributed by atoms with Crippen LogP contribution >= 0.6 is 0 Å². The number of hydrogen-bond acceptors (Lipinski definition) is 3. The summed E-state index contributed by atoms with van der Waals surface area (Å²) in [6.07, 6.45) is 1.07. The topological polar surface area (TPSA) is 63.6 Å². The van der Waals surface area contributed by atoms with Crippen molar-refractivity contribution >= 4 is 12.3 Å². The first-order valence-electron chi connectivity index (χ1n) is 5.34. The average Bonchev–Trinajstić information content (AvgIpc) is 2.36. The third-order valence-corrected chi connectivity index (χ3v) is 2.87. The first-order valence-corrected chi connectivity index (χ1v) is 5.34. The number of aliphatic carboxylic acids is 1. The summed E-state index contributed by atoms with van der Waals surface area (Å²) in [5.74, 6) is -0.188. The van der Waals surface area contributed by atoms with Crippen molar-refractivity contribution in [1.29, 1.82) is 0 Å². The molecule has 0 unspecified atom stereocenters. The van der Waals surface area contributed by atoms with E-state index in [0.717, 1.165) is 11.8 Å². The van der Waals surface area contributed by atoms with E-state index in [9.17, 15) is 9.59 Å². The lowest BCUT2D eigenvalue weighted by atomic mass is 9.80. The van der Waals surface area contributed by atoms with Crippen molar-refractivity contribution in [3.8, 4) is 5.75 Å². The first-order chi connectivity index (χ1) is 8.01. The quantitative estimate of drug-likeness (QED) is 0.767. The molecule has 0 saturated heterocycles. The number of ether oxygens (including phenoxy) is 1. The smallest absolute Gasteiger partial charge is 0.303 e. The van der Waals surface area contributed by atoms with Crippen LogP contribution in [0.15, 0.2) is 24.3 Å². The van der Waals surface area contributed by atoms with Crippen molar-refractivity contribution in [2.75, 3.05) is 7.11 Å². The number of carboxylic acid groups (broad SMARTS) is 1. The van der Waals surface area contributed by atoms with Crippen LogP contribution in [-0.4, -0.2) is 24.5 Å². The Morgan fingerprint density at radius 3 is 2.41 bits per heavy atom. The predicted octanol–water partition coefficient (Wildman–Crippen LogP) is 2.02. The van der Waals surface area contributed by atoms with Crippen molar-refractivity contribution in [3.05, 3.63) is 29.8 Å². The average molecular weight is 236 g/mol. The molecule has 4 nitrogen and oxygen atoms in total. The van der Waals surface area contributed by atoms with Gasteiger partial charge in [0.1, 0.15) is 12.0 Å². The lowest BCUT2D eigenvalue weighted by molar-refractivity contribution is -0.137. The third kappa shape index (κ3) is 3.31. The Labute approximate surface area is 100 Å². The highest BCUT2D eigenvalue weighted by Crippen LogP contribution is 2.28. The number of aldehydes is 1. The van der Waals surface area contributed by atoms with Crippen molar-refractivity contribution < 1.29 is 19.4 Å². The van der Waals surface area contributed by atoms with Crippen molar-refractivity contribution in [2.45, 2.75) is 25.2 Å². The van der Waals surface area contributed by atoms with E-state index in [4.69, 9.17) is 9.84 Å². The molecule has 0 spiro atoms. The number of carbonyl (C=O) groups excluding carboxylic acids is 1. The second-order valence-electron chi connectivity index (χ2n) is 4.16. The van der Waals surface area contributed by atoms with Gasteiger partial charge in [0.25, 0.3) is 0 Å². The van der Waals surface area contributed by atoms with Crippen LogP contribution in [0, 0.1) is 0 Å². The van der Waals surface area contributed by atoms with E-state index in [1.165, 1.54) is 0 Å². The molecule has 1 N–H and O–H groups in total. The second-order valence-corrected chi connectivity index (χ2v) is 4.16. The molecule has 0 aliphatic carbocycles. The van der Waals surface area contributed by atoms with Crippen molar-refractivity contribution in [1.82, 2.24) is 0 Å². The fraction of sp³-hybridized carbons (Fsp3) is 0.385. The van der Waals surface area contributed by atoms with Crippen LogP contribution < -0.4 is 4.74 Å². The molecule has 0 fully saturated rings. The minimum atomic E-state index is -0.897. The van der Waals surface area contributed by atoms with Crippen LogP contribution in [0.2, 0.25) is 0 Å². The number of carboxylic acids is 1. The molecule has 17 heavy (non-hydrogen) atoms. The normalized spacial score (nSPS) is 13.8. The van der Waals surface area contributed by atoms with Crippen LogP contribution in [0.5, 0.6) is 5.75 Å². The number of methoxy groups -OCH3 is 1. The van der Waals surface area contributed by atoms with Gasteiger partial charge in [-0.1, -0.05) is 12.1 Å².